The summed E-state index contributed by atoms with van der Waals surface area (Å²) in [5, 5.41) is 9.20. The van der Waals surface area contributed by atoms with E-state index >= 15 is 0 Å². The minimum atomic E-state index is -0.774. The highest BCUT2D eigenvalue weighted by molar-refractivity contribution is 5.81. The third-order valence-corrected chi connectivity index (χ3v) is 5.06. The minimum Gasteiger partial charge on any atom is -0.481 e. The number of amides is 1. The van der Waals surface area contributed by atoms with Crippen LogP contribution in [-0.4, -0.2) is 41.1 Å². The molecule has 5 nitrogen and oxygen atoms in total. The number of piperidine rings is 1. The lowest BCUT2D eigenvalue weighted by atomic mass is 9.87. The van der Waals surface area contributed by atoms with Crippen molar-refractivity contribution < 1.29 is 19.4 Å². The Morgan fingerprint density at radius 1 is 1.28 bits per heavy atom. The molecule has 1 aromatic carbocycles. The molecule has 1 aliphatic rings. The fourth-order valence-corrected chi connectivity index (χ4v) is 3.59. The van der Waals surface area contributed by atoms with Gasteiger partial charge in [0.2, 0.25) is 0 Å². The maximum absolute atomic E-state index is 12.6. The molecule has 1 fully saturated rings. The molecule has 0 bridgehead atoms. The zero-order chi connectivity index (χ0) is 18.7. The lowest BCUT2D eigenvalue weighted by Gasteiger charge is -2.36. The molecule has 1 heterocycles. The number of nitrogens with zero attached hydrogens (tertiary/aromatic N) is 1. The Labute approximate surface area is 150 Å². The SMILES string of the molecule is Cc1cc(OC(C)C(=O)N2CCC(C(=O)O)C(C)C2)ccc1C(C)C. The second kappa shape index (κ2) is 7.89. The summed E-state index contributed by atoms with van der Waals surface area (Å²) in [5.74, 6) is -0.131. The van der Waals surface area contributed by atoms with Crippen LogP contribution in [0.25, 0.3) is 0 Å². The van der Waals surface area contributed by atoms with Gasteiger partial charge in [-0.3, -0.25) is 9.59 Å². The molecule has 5 heteroatoms. The molecule has 25 heavy (non-hydrogen) atoms. The fraction of sp³-hybridized carbons (Fsp3) is 0.600. The van der Waals surface area contributed by atoms with Crippen LogP contribution in [0, 0.1) is 18.8 Å². The van der Waals surface area contributed by atoms with Gasteiger partial charge < -0.3 is 14.7 Å². The Bertz CT molecular complexity index is 641. The number of carbonyl (C=O) groups is 2. The van der Waals surface area contributed by atoms with Crippen molar-refractivity contribution in [1.82, 2.24) is 4.90 Å². The Balaban J connectivity index is 1.99. The van der Waals surface area contributed by atoms with Crippen LogP contribution in [0.4, 0.5) is 0 Å². The molecule has 3 unspecified atom stereocenters. The largest absolute Gasteiger partial charge is 0.481 e. The summed E-state index contributed by atoms with van der Waals surface area (Å²) in [6.45, 7) is 10.9. The highest BCUT2D eigenvalue weighted by Crippen LogP contribution is 2.26. The maximum Gasteiger partial charge on any atom is 0.306 e. The van der Waals surface area contributed by atoms with Gasteiger partial charge in [-0.15, -0.1) is 0 Å². The molecule has 1 saturated heterocycles. The fourth-order valence-electron chi connectivity index (χ4n) is 3.59. The second-order valence-electron chi connectivity index (χ2n) is 7.43. The van der Waals surface area contributed by atoms with Gasteiger partial charge in [-0.1, -0.05) is 26.8 Å². The predicted molar refractivity (Wildman–Crippen MR) is 96.8 cm³/mol. The number of aliphatic carboxylic acids is 1. The van der Waals surface area contributed by atoms with Crippen LogP contribution in [0.1, 0.15) is 51.2 Å². The number of carboxylic acid groups (broad SMARTS) is 1. The Morgan fingerprint density at radius 3 is 2.48 bits per heavy atom. The third kappa shape index (κ3) is 4.53. The molecule has 0 aromatic heterocycles. The first kappa shape index (κ1) is 19.3. The van der Waals surface area contributed by atoms with Gasteiger partial charge >= 0.3 is 5.97 Å². The van der Waals surface area contributed by atoms with Crippen LogP contribution < -0.4 is 4.74 Å². The van der Waals surface area contributed by atoms with E-state index in [1.165, 1.54) is 5.56 Å². The summed E-state index contributed by atoms with van der Waals surface area (Å²) in [4.78, 5) is 25.6. The summed E-state index contributed by atoms with van der Waals surface area (Å²) in [6.07, 6.45) is -0.0881. The first-order chi connectivity index (χ1) is 11.7. The molecule has 3 atom stereocenters. The molecule has 0 saturated carbocycles. The summed E-state index contributed by atoms with van der Waals surface area (Å²) in [7, 11) is 0. The summed E-state index contributed by atoms with van der Waals surface area (Å²) < 4.78 is 5.85. The van der Waals surface area contributed by atoms with E-state index in [4.69, 9.17) is 4.74 Å². The van der Waals surface area contributed by atoms with Crippen molar-refractivity contribution in [3.63, 3.8) is 0 Å². The lowest BCUT2D eigenvalue weighted by Crippen LogP contribution is -2.49. The molecule has 1 aliphatic heterocycles. The van der Waals surface area contributed by atoms with Gasteiger partial charge in [-0.05, 0) is 55.4 Å². The first-order valence-corrected chi connectivity index (χ1v) is 8.99. The van der Waals surface area contributed by atoms with Crippen LogP contribution >= 0.6 is 0 Å². The van der Waals surface area contributed by atoms with E-state index < -0.39 is 12.1 Å². The van der Waals surface area contributed by atoms with Crippen molar-refractivity contribution >= 4 is 11.9 Å². The standard InChI is InChI=1S/C20H29NO4/c1-12(2)17-7-6-16(10-13(17)3)25-15(5)19(22)21-9-8-18(20(23)24)14(4)11-21/h6-7,10,12,14-15,18H,8-9,11H2,1-5H3,(H,23,24). The van der Waals surface area contributed by atoms with Crippen LogP contribution in [0.5, 0.6) is 5.75 Å². The van der Waals surface area contributed by atoms with Crippen molar-refractivity contribution in [2.45, 2.75) is 53.1 Å². The van der Waals surface area contributed by atoms with E-state index in [1.54, 1.807) is 11.8 Å². The molecular weight excluding hydrogens is 318 g/mol. The predicted octanol–water partition coefficient (Wildman–Crippen LogP) is 3.45. The van der Waals surface area contributed by atoms with Crippen molar-refractivity contribution in [1.29, 1.82) is 0 Å². The maximum atomic E-state index is 12.6. The van der Waals surface area contributed by atoms with Gasteiger partial charge in [0.15, 0.2) is 6.10 Å². The lowest BCUT2D eigenvalue weighted by molar-refractivity contribution is -0.150. The summed E-state index contributed by atoms with van der Waals surface area (Å²) >= 11 is 0. The molecule has 2 rings (SSSR count). The van der Waals surface area contributed by atoms with E-state index in [0.717, 1.165) is 5.56 Å². The molecule has 1 aromatic rings. The normalized spacial score (nSPS) is 21.9. The Kier molecular flexibility index (Phi) is 6.09. The number of hydrogen-bond donors (Lipinski definition) is 1. The number of hydrogen-bond acceptors (Lipinski definition) is 3. The monoisotopic (exact) mass is 347 g/mol. The number of aryl methyl sites for hydroxylation is 1. The molecule has 1 N–H and O–H groups in total. The van der Waals surface area contributed by atoms with E-state index in [0.29, 0.717) is 31.2 Å². The van der Waals surface area contributed by atoms with E-state index in [2.05, 4.69) is 13.8 Å². The van der Waals surface area contributed by atoms with Gasteiger partial charge in [0.25, 0.3) is 5.91 Å². The molecular formula is C20H29NO4. The van der Waals surface area contributed by atoms with E-state index in [9.17, 15) is 14.7 Å². The van der Waals surface area contributed by atoms with E-state index in [-0.39, 0.29) is 17.7 Å². The van der Waals surface area contributed by atoms with Crippen molar-refractivity contribution in [2.24, 2.45) is 11.8 Å². The van der Waals surface area contributed by atoms with E-state index in [1.807, 2.05) is 32.0 Å². The number of benzene rings is 1. The van der Waals surface area contributed by atoms with Crippen molar-refractivity contribution in [3.05, 3.63) is 29.3 Å². The van der Waals surface area contributed by atoms with Gasteiger partial charge in [-0.2, -0.15) is 0 Å². The van der Waals surface area contributed by atoms with Gasteiger partial charge in [0, 0.05) is 13.1 Å². The van der Waals surface area contributed by atoms with Gasteiger partial charge in [0.1, 0.15) is 5.75 Å². The molecule has 0 spiro atoms. The highest BCUT2D eigenvalue weighted by Gasteiger charge is 2.34. The third-order valence-electron chi connectivity index (χ3n) is 5.06. The average molecular weight is 347 g/mol. The molecule has 138 valence electrons. The highest BCUT2D eigenvalue weighted by atomic mass is 16.5. The number of carboxylic acids is 1. The first-order valence-electron chi connectivity index (χ1n) is 8.99. The zero-order valence-electron chi connectivity index (χ0n) is 15.8. The zero-order valence-corrected chi connectivity index (χ0v) is 15.8. The number of carbonyl (C=O) groups excluding carboxylic acids is 1. The van der Waals surface area contributed by atoms with Crippen molar-refractivity contribution in [2.75, 3.05) is 13.1 Å². The molecule has 1 amide bonds. The number of ether oxygens (including phenoxy) is 1. The summed E-state index contributed by atoms with van der Waals surface area (Å²) in [5.41, 5.74) is 2.43. The van der Waals surface area contributed by atoms with Gasteiger partial charge in [0.05, 0.1) is 5.92 Å². The van der Waals surface area contributed by atoms with Crippen LogP contribution in [0.3, 0.4) is 0 Å². The second-order valence-corrected chi connectivity index (χ2v) is 7.43. The smallest absolute Gasteiger partial charge is 0.306 e. The van der Waals surface area contributed by atoms with Gasteiger partial charge in [-0.25, -0.2) is 0 Å². The average Bonchev–Trinajstić information content (AvgIpc) is 2.53. The quantitative estimate of drug-likeness (QED) is 0.886. The number of rotatable bonds is 5. The van der Waals surface area contributed by atoms with Crippen molar-refractivity contribution in [3.8, 4) is 5.75 Å². The molecule has 0 aliphatic carbocycles. The topological polar surface area (TPSA) is 66.8 Å². The number of likely N-dealkylation sites (tertiary alicyclic amines) is 1. The minimum absolute atomic E-state index is 0.0463. The van der Waals surface area contributed by atoms with Crippen LogP contribution in [0.2, 0.25) is 0 Å². The van der Waals surface area contributed by atoms with Crippen LogP contribution in [-0.2, 0) is 9.59 Å². The Hall–Kier alpha value is -2.04. The molecule has 0 radical (unpaired) electrons. The summed E-state index contributed by atoms with van der Waals surface area (Å²) in [6, 6.07) is 5.93. The van der Waals surface area contributed by atoms with Crippen LogP contribution in [0.15, 0.2) is 18.2 Å². The Morgan fingerprint density at radius 2 is 1.96 bits per heavy atom.